The summed E-state index contributed by atoms with van der Waals surface area (Å²) >= 11 is 0.956. The standard InChI is InChI=1S/C18H17NO3S/c1-11(2)22-15-9-8-12-6-4-5-7-13(12)14(15)10-16-17(20)19(3)18(21)23-16/h4-11H,1-3H3/b16-10+. The fourth-order valence-corrected chi connectivity index (χ4v) is 3.27. The number of hydrogen-bond donors (Lipinski definition) is 0. The van der Waals surface area contributed by atoms with Gasteiger partial charge in [0.25, 0.3) is 11.1 Å². The molecule has 0 unspecified atom stereocenters. The number of hydrogen-bond acceptors (Lipinski definition) is 4. The molecule has 2 aromatic rings. The largest absolute Gasteiger partial charge is 0.490 e. The van der Waals surface area contributed by atoms with Gasteiger partial charge in [-0.2, -0.15) is 0 Å². The zero-order chi connectivity index (χ0) is 16.6. The predicted molar refractivity (Wildman–Crippen MR) is 93.4 cm³/mol. The van der Waals surface area contributed by atoms with Crippen LogP contribution in [-0.4, -0.2) is 29.2 Å². The van der Waals surface area contributed by atoms with Crippen LogP contribution in [0.4, 0.5) is 4.79 Å². The number of ether oxygens (including phenoxy) is 1. The van der Waals surface area contributed by atoms with Crippen molar-refractivity contribution in [2.24, 2.45) is 0 Å². The summed E-state index contributed by atoms with van der Waals surface area (Å²) in [6.45, 7) is 3.91. The van der Waals surface area contributed by atoms with Gasteiger partial charge in [-0.25, -0.2) is 0 Å². The van der Waals surface area contributed by atoms with Crippen molar-refractivity contribution >= 4 is 39.8 Å². The maximum absolute atomic E-state index is 12.2. The van der Waals surface area contributed by atoms with Gasteiger partial charge in [-0.15, -0.1) is 0 Å². The second-order valence-corrected chi connectivity index (χ2v) is 6.60. The Morgan fingerprint density at radius 1 is 1.13 bits per heavy atom. The van der Waals surface area contributed by atoms with Gasteiger partial charge in [-0.3, -0.25) is 14.5 Å². The van der Waals surface area contributed by atoms with Gasteiger partial charge in [0.2, 0.25) is 0 Å². The van der Waals surface area contributed by atoms with Crippen LogP contribution in [0, 0.1) is 0 Å². The third kappa shape index (κ3) is 2.97. The van der Waals surface area contributed by atoms with E-state index in [1.807, 2.05) is 50.2 Å². The van der Waals surface area contributed by atoms with Gasteiger partial charge in [-0.05, 0) is 48.5 Å². The first kappa shape index (κ1) is 15.6. The molecule has 4 nitrogen and oxygen atoms in total. The van der Waals surface area contributed by atoms with Gasteiger partial charge >= 0.3 is 0 Å². The second kappa shape index (κ2) is 6.08. The fraction of sp³-hybridized carbons (Fsp3) is 0.222. The van der Waals surface area contributed by atoms with Crippen molar-refractivity contribution in [3.63, 3.8) is 0 Å². The van der Waals surface area contributed by atoms with Crippen LogP contribution in [0.15, 0.2) is 41.3 Å². The van der Waals surface area contributed by atoms with Crippen molar-refractivity contribution in [2.45, 2.75) is 20.0 Å². The molecular weight excluding hydrogens is 310 g/mol. The summed E-state index contributed by atoms with van der Waals surface area (Å²) in [6, 6.07) is 11.8. The normalized spacial score (nSPS) is 16.9. The van der Waals surface area contributed by atoms with E-state index in [-0.39, 0.29) is 17.3 Å². The SMILES string of the molecule is CC(C)Oc1ccc2ccccc2c1/C=C1/SC(=O)N(C)C1=O. The van der Waals surface area contributed by atoms with Crippen LogP contribution in [0.5, 0.6) is 5.75 Å². The van der Waals surface area contributed by atoms with Gasteiger partial charge in [-0.1, -0.05) is 30.3 Å². The molecule has 118 valence electrons. The number of carbonyl (C=O) groups excluding carboxylic acids is 2. The minimum absolute atomic E-state index is 0.0181. The average molecular weight is 327 g/mol. The maximum atomic E-state index is 12.2. The first-order chi connectivity index (χ1) is 11.0. The number of benzene rings is 2. The average Bonchev–Trinajstić information content (AvgIpc) is 2.76. The van der Waals surface area contributed by atoms with E-state index in [1.54, 1.807) is 6.08 Å². The predicted octanol–water partition coefficient (Wildman–Crippen LogP) is 4.29. The number of fused-ring (bicyclic) bond motifs is 1. The quantitative estimate of drug-likeness (QED) is 0.789. The van der Waals surface area contributed by atoms with Gasteiger partial charge in [0.1, 0.15) is 5.75 Å². The van der Waals surface area contributed by atoms with Crippen LogP contribution in [0.25, 0.3) is 16.8 Å². The molecule has 0 N–H and O–H groups in total. The van der Waals surface area contributed by atoms with E-state index in [2.05, 4.69) is 0 Å². The van der Waals surface area contributed by atoms with E-state index in [0.717, 1.165) is 33.0 Å². The van der Waals surface area contributed by atoms with E-state index >= 15 is 0 Å². The summed E-state index contributed by atoms with van der Waals surface area (Å²) in [6.07, 6.45) is 1.78. The molecule has 0 spiro atoms. The lowest BCUT2D eigenvalue weighted by molar-refractivity contribution is -0.121. The molecule has 1 heterocycles. The first-order valence-corrected chi connectivity index (χ1v) is 8.19. The lowest BCUT2D eigenvalue weighted by atomic mass is 10.0. The Balaban J connectivity index is 2.18. The summed E-state index contributed by atoms with van der Waals surface area (Å²) in [5, 5.41) is 1.80. The smallest absolute Gasteiger partial charge is 0.293 e. The summed E-state index contributed by atoms with van der Waals surface area (Å²) in [5.74, 6) is 0.435. The molecule has 0 saturated carbocycles. The third-order valence-electron chi connectivity index (χ3n) is 3.56. The molecule has 2 aromatic carbocycles. The van der Waals surface area contributed by atoms with Crippen LogP contribution >= 0.6 is 11.8 Å². The number of imide groups is 1. The molecule has 1 saturated heterocycles. The molecule has 0 aliphatic carbocycles. The van der Waals surface area contributed by atoms with Crippen LogP contribution in [-0.2, 0) is 4.79 Å². The van der Waals surface area contributed by atoms with E-state index in [1.165, 1.54) is 7.05 Å². The Hall–Kier alpha value is -2.27. The third-order valence-corrected chi connectivity index (χ3v) is 4.52. The zero-order valence-electron chi connectivity index (χ0n) is 13.2. The number of rotatable bonds is 3. The molecule has 1 aliphatic rings. The van der Waals surface area contributed by atoms with Crippen molar-refractivity contribution < 1.29 is 14.3 Å². The Morgan fingerprint density at radius 2 is 1.87 bits per heavy atom. The number of carbonyl (C=O) groups is 2. The molecule has 1 fully saturated rings. The monoisotopic (exact) mass is 327 g/mol. The van der Waals surface area contributed by atoms with Gasteiger partial charge < -0.3 is 4.74 Å². The number of thioether (sulfide) groups is 1. The Morgan fingerprint density at radius 3 is 2.52 bits per heavy atom. The van der Waals surface area contributed by atoms with Crippen molar-refractivity contribution in [1.29, 1.82) is 0 Å². The number of nitrogens with zero attached hydrogens (tertiary/aromatic N) is 1. The molecule has 1 aliphatic heterocycles. The highest BCUT2D eigenvalue weighted by Gasteiger charge is 2.32. The van der Waals surface area contributed by atoms with Crippen molar-refractivity contribution in [1.82, 2.24) is 4.90 Å². The molecule has 2 amide bonds. The minimum Gasteiger partial charge on any atom is -0.490 e. The summed E-state index contributed by atoms with van der Waals surface area (Å²) < 4.78 is 5.89. The molecule has 23 heavy (non-hydrogen) atoms. The topological polar surface area (TPSA) is 46.6 Å². The van der Waals surface area contributed by atoms with Crippen LogP contribution in [0.3, 0.4) is 0 Å². The van der Waals surface area contributed by atoms with Crippen molar-refractivity contribution in [3.8, 4) is 5.75 Å². The lowest BCUT2D eigenvalue weighted by Gasteiger charge is -2.15. The zero-order valence-corrected chi connectivity index (χ0v) is 14.0. The summed E-state index contributed by atoms with van der Waals surface area (Å²) in [7, 11) is 1.49. The highest BCUT2D eigenvalue weighted by atomic mass is 32.2. The van der Waals surface area contributed by atoms with Gasteiger partial charge in [0.15, 0.2) is 0 Å². The van der Waals surface area contributed by atoms with E-state index in [0.29, 0.717) is 10.7 Å². The molecule has 0 aromatic heterocycles. The molecule has 5 heteroatoms. The summed E-state index contributed by atoms with van der Waals surface area (Å²) in [4.78, 5) is 25.4. The van der Waals surface area contributed by atoms with E-state index in [9.17, 15) is 9.59 Å². The van der Waals surface area contributed by atoms with E-state index < -0.39 is 0 Å². The number of amides is 2. The fourth-order valence-electron chi connectivity index (χ4n) is 2.46. The van der Waals surface area contributed by atoms with Crippen molar-refractivity contribution in [2.75, 3.05) is 7.05 Å². The van der Waals surface area contributed by atoms with Crippen LogP contribution in [0.2, 0.25) is 0 Å². The van der Waals surface area contributed by atoms with E-state index in [4.69, 9.17) is 4.74 Å². The maximum Gasteiger partial charge on any atom is 0.293 e. The van der Waals surface area contributed by atoms with Crippen LogP contribution < -0.4 is 4.74 Å². The van der Waals surface area contributed by atoms with Crippen molar-refractivity contribution in [3.05, 3.63) is 46.9 Å². The highest BCUT2D eigenvalue weighted by Crippen LogP contribution is 2.36. The summed E-state index contributed by atoms with van der Waals surface area (Å²) in [5.41, 5.74) is 0.829. The molecule has 0 bridgehead atoms. The highest BCUT2D eigenvalue weighted by molar-refractivity contribution is 8.18. The molecule has 3 rings (SSSR count). The van der Waals surface area contributed by atoms with Gasteiger partial charge in [0.05, 0.1) is 11.0 Å². The van der Waals surface area contributed by atoms with Gasteiger partial charge in [0, 0.05) is 12.6 Å². The molecule has 0 atom stereocenters. The number of likely N-dealkylation sites (N-methyl/N-ethyl adjacent to an activating group) is 1. The Labute approximate surface area is 139 Å². The Kier molecular flexibility index (Phi) is 4.13. The van der Waals surface area contributed by atoms with Crippen LogP contribution in [0.1, 0.15) is 19.4 Å². The minimum atomic E-state index is -0.275. The second-order valence-electron chi connectivity index (χ2n) is 5.61. The molecular formula is C18H17NO3S. The molecule has 0 radical (unpaired) electrons. The first-order valence-electron chi connectivity index (χ1n) is 7.37. The Bertz CT molecular complexity index is 826. The lowest BCUT2D eigenvalue weighted by Crippen LogP contribution is -2.22.